The molecule has 2 aromatic carbocycles. The first-order chi connectivity index (χ1) is 15.5. The van der Waals surface area contributed by atoms with Gasteiger partial charge in [-0.25, -0.2) is 4.79 Å². The molecule has 0 bridgehead atoms. The molecule has 9 heteroatoms. The number of nitrogens with zero attached hydrogens (tertiary/aromatic N) is 3. The Bertz CT molecular complexity index is 1300. The van der Waals surface area contributed by atoms with Crippen molar-refractivity contribution < 1.29 is 4.74 Å². The van der Waals surface area contributed by atoms with Crippen LogP contribution in [0.1, 0.15) is 29.6 Å². The number of benzene rings is 2. The van der Waals surface area contributed by atoms with E-state index in [2.05, 4.69) is 39.2 Å². The Kier molecular flexibility index (Phi) is 6.55. The monoisotopic (exact) mass is 449 g/mol. The van der Waals surface area contributed by atoms with Crippen LogP contribution in [0, 0.1) is 6.92 Å². The van der Waals surface area contributed by atoms with Gasteiger partial charge < -0.3 is 9.72 Å². The number of hydrogen-bond acceptors (Lipinski definition) is 6. The zero-order valence-corrected chi connectivity index (χ0v) is 18.6. The lowest BCUT2D eigenvalue weighted by Crippen LogP contribution is -2.23. The maximum absolute atomic E-state index is 11.7. The average molecular weight is 450 g/mol. The molecule has 32 heavy (non-hydrogen) atoms. The second-order valence-corrected chi connectivity index (χ2v) is 8.11. The molecular weight excluding hydrogens is 426 g/mol. The van der Waals surface area contributed by atoms with Crippen LogP contribution < -0.4 is 16.0 Å². The van der Waals surface area contributed by atoms with Gasteiger partial charge in [0.15, 0.2) is 5.16 Å². The van der Waals surface area contributed by atoms with Crippen molar-refractivity contribution in [1.29, 1.82) is 0 Å². The Balaban J connectivity index is 1.70. The predicted molar refractivity (Wildman–Crippen MR) is 124 cm³/mol. The van der Waals surface area contributed by atoms with E-state index in [4.69, 9.17) is 4.74 Å². The van der Waals surface area contributed by atoms with Crippen molar-refractivity contribution in [3.8, 4) is 11.4 Å². The molecule has 0 aliphatic rings. The third kappa shape index (κ3) is 5.00. The molecule has 2 aromatic heterocycles. The number of aromatic amines is 2. The van der Waals surface area contributed by atoms with Crippen molar-refractivity contribution in [3.63, 3.8) is 0 Å². The molecule has 2 N–H and O–H groups in total. The molecule has 0 saturated heterocycles. The lowest BCUT2D eigenvalue weighted by atomic mass is 10.1. The topological polar surface area (TPSA) is 106 Å². The highest BCUT2D eigenvalue weighted by Crippen LogP contribution is 2.28. The Morgan fingerprint density at radius 2 is 1.81 bits per heavy atom. The van der Waals surface area contributed by atoms with Crippen molar-refractivity contribution in [1.82, 2.24) is 24.7 Å². The maximum Gasteiger partial charge on any atom is 0.325 e. The fourth-order valence-corrected chi connectivity index (χ4v) is 4.37. The summed E-state index contributed by atoms with van der Waals surface area (Å²) < 4.78 is 7.50. The second kappa shape index (κ2) is 9.69. The average Bonchev–Trinajstić information content (AvgIpc) is 3.15. The minimum absolute atomic E-state index is 0.254. The van der Waals surface area contributed by atoms with E-state index in [1.54, 1.807) is 11.8 Å². The van der Waals surface area contributed by atoms with E-state index in [9.17, 15) is 9.59 Å². The van der Waals surface area contributed by atoms with Gasteiger partial charge in [-0.1, -0.05) is 36.0 Å². The number of rotatable bonds is 8. The van der Waals surface area contributed by atoms with E-state index in [0.29, 0.717) is 18.1 Å². The highest BCUT2D eigenvalue weighted by Gasteiger charge is 2.16. The van der Waals surface area contributed by atoms with Gasteiger partial charge in [0.1, 0.15) is 11.6 Å². The van der Waals surface area contributed by atoms with E-state index < -0.39 is 11.2 Å². The Morgan fingerprint density at radius 1 is 1.03 bits per heavy atom. The summed E-state index contributed by atoms with van der Waals surface area (Å²) in [7, 11) is 0. The first kappa shape index (κ1) is 21.6. The highest BCUT2D eigenvalue weighted by atomic mass is 32.2. The summed E-state index contributed by atoms with van der Waals surface area (Å²) in [5.41, 5.74) is 2.77. The van der Waals surface area contributed by atoms with Crippen LogP contribution in [0.3, 0.4) is 0 Å². The molecule has 0 fully saturated rings. The summed E-state index contributed by atoms with van der Waals surface area (Å²) in [5, 5.41) is 9.49. The third-order valence-electron chi connectivity index (χ3n) is 4.89. The van der Waals surface area contributed by atoms with E-state index in [1.807, 2.05) is 47.9 Å². The van der Waals surface area contributed by atoms with Gasteiger partial charge in [-0.2, -0.15) is 0 Å². The van der Waals surface area contributed by atoms with Crippen LogP contribution in [0.4, 0.5) is 0 Å². The molecule has 0 aliphatic carbocycles. The molecule has 4 aromatic rings. The van der Waals surface area contributed by atoms with Crippen LogP contribution in [0.2, 0.25) is 0 Å². The standard InChI is InChI=1S/C23H23N5O3S/c1-3-31-19-10-8-18(9-11-19)28-20(12-17-13-21(29)25-22(30)24-17)26-27-23(28)32-14-16-7-5-4-6-15(16)2/h4-11,13H,3,12,14H2,1-2H3,(H2,24,25,29,30). The van der Waals surface area contributed by atoms with Gasteiger partial charge in [-0.15, -0.1) is 10.2 Å². The smallest absolute Gasteiger partial charge is 0.325 e. The zero-order chi connectivity index (χ0) is 22.5. The maximum atomic E-state index is 11.7. The van der Waals surface area contributed by atoms with Crippen molar-refractivity contribution >= 4 is 11.8 Å². The molecular formula is C23H23N5O3S. The largest absolute Gasteiger partial charge is 0.494 e. The van der Waals surface area contributed by atoms with Crippen LogP contribution in [0.25, 0.3) is 5.69 Å². The number of nitrogens with one attached hydrogen (secondary N) is 2. The fraction of sp³-hybridized carbons (Fsp3) is 0.217. The van der Waals surface area contributed by atoms with Gasteiger partial charge in [0.25, 0.3) is 5.56 Å². The summed E-state index contributed by atoms with van der Waals surface area (Å²) in [5.74, 6) is 2.13. The van der Waals surface area contributed by atoms with E-state index in [0.717, 1.165) is 22.3 Å². The molecule has 0 radical (unpaired) electrons. The van der Waals surface area contributed by atoms with E-state index in [1.165, 1.54) is 17.2 Å². The molecule has 164 valence electrons. The summed E-state index contributed by atoms with van der Waals surface area (Å²) in [6, 6.07) is 17.3. The zero-order valence-electron chi connectivity index (χ0n) is 17.8. The number of thioether (sulfide) groups is 1. The number of ether oxygens (including phenoxy) is 1. The van der Waals surface area contributed by atoms with Gasteiger partial charge >= 0.3 is 5.69 Å². The SMILES string of the molecule is CCOc1ccc(-n2c(Cc3cc(=O)[nH]c(=O)[nH]3)nnc2SCc2ccccc2C)cc1. The second-order valence-electron chi connectivity index (χ2n) is 7.17. The van der Waals surface area contributed by atoms with Gasteiger partial charge in [-0.3, -0.25) is 14.3 Å². The molecule has 0 aliphatic heterocycles. The molecule has 0 amide bonds. The molecule has 0 spiro atoms. The number of aromatic nitrogens is 5. The Hall–Kier alpha value is -3.59. The van der Waals surface area contributed by atoms with Crippen LogP contribution in [-0.4, -0.2) is 31.3 Å². The molecule has 8 nitrogen and oxygen atoms in total. The van der Waals surface area contributed by atoms with Crippen LogP contribution >= 0.6 is 11.8 Å². The van der Waals surface area contributed by atoms with E-state index in [-0.39, 0.29) is 6.42 Å². The molecule has 4 rings (SSSR count). The fourth-order valence-electron chi connectivity index (χ4n) is 3.33. The van der Waals surface area contributed by atoms with Crippen molar-refractivity contribution in [2.75, 3.05) is 6.61 Å². The number of H-pyrrole nitrogens is 2. The Labute approximate surface area is 188 Å². The van der Waals surface area contributed by atoms with Gasteiger partial charge in [-0.05, 0) is 49.2 Å². The quantitative estimate of drug-likeness (QED) is 0.400. The van der Waals surface area contributed by atoms with E-state index >= 15 is 0 Å². The minimum Gasteiger partial charge on any atom is -0.494 e. The van der Waals surface area contributed by atoms with Crippen LogP contribution in [-0.2, 0) is 12.2 Å². The predicted octanol–water partition coefficient (Wildman–Crippen LogP) is 3.23. The summed E-state index contributed by atoms with van der Waals surface area (Å²) in [6.45, 7) is 4.61. The number of aryl methyl sites for hydroxylation is 1. The minimum atomic E-state index is -0.547. The summed E-state index contributed by atoms with van der Waals surface area (Å²) >= 11 is 1.58. The first-order valence-corrected chi connectivity index (χ1v) is 11.2. The molecule has 0 atom stereocenters. The van der Waals surface area contributed by atoms with Gasteiger partial charge in [0.2, 0.25) is 0 Å². The molecule has 0 saturated carbocycles. The highest BCUT2D eigenvalue weighted by molar-refractivity contribution is 7.98. The lowest BCUT2D eigenvalue weighted by molar-refractivity contribution is 0.340. The van der Waals surface area contributed by atoms with Crippen molar-refractivity contribution in [2.24, 2.45) is 0 Å². The summed E-state index contributed by atoms with van der Waals surface area (Å²) in [6.07, 6.45) is 0.254. The normalized spacial score (nSPS) is 10.9. The number of hydrogen-bond donors (Lipinski definition) is 2. The molecule has 2 heterocycles. The van der Waals surface area contributed by atoms with Gasteiger partial charge in [0, 0.05) is 29.6 Å². The summed E-state index contributed by atoms with van der Waals surface area (Å²) in [4.78, 5) is 28.2. The van der Waals surface area contributed by atoms with Gasteiger partial charge in [0.05, 0.1) is 6.61 Å². The first-order valence-electron chi connectivity index (χ1n) is 10.2. The Morgan fingerprint density at radius 3 is 2.53 bits per heavy atom. The van der Waals surface area contributed by atoms with Crippen LogP contribution in [0.15, 0.2) is 69.3 Å². The van der Waals surface area contributed by atoms with Crippen LogP contribution in [0.5, 0.6) is 5.75 Å². The third-order valence-corrected chi connectivity index (χ3v) is 5.87. The van der Waals surface area contributed by atoms with Crippen molar-refractivity contribution in [2.45, 2.75) is 31.2 Å². The van der Waals surface area contributed by atoms with Crippen molar-refractivity contribution in [3.05, 3.63) is 98.1 Å². The lowest BCUT2D eigenvalue weighted by Gasteiger charge is -2.12. The molecule has 0 unspecified atom stereocenters.